The average Bonchev–Trinajstić information content (AvgIpc) is 2.48. The van der Waals surface area contributed by atoms with Crippen molar-refractivity contribution >= 4 is 11.8 Å². The van der Waals surface area contributed by atoms with Gasteiger partial charge in [-0.15, -0.1) is 0 Å². The third kappa shape index (κ3) is 4.29. The lowest BCUT2D eigenvalue weighted by molar-refractivity contribution is -0.140. The van der Waals surface area contributed by atoms with E-state index in [9.17, 15) is 14.7 Å². The van der Waals surface area contributed by atoms with Crippen LogP contribution in [-0.4, -0.2) is 16.9 Å². The van der Waals surface area contributed by atoms with Crippen LogP contribution in [0.4, 0.5) is 0 Å². The number of carbonyl (C=O) groups is 2. The van der Waals surface area contributed by atoms with Crippen molar-refractivity contribution in [3.05, 3.63) is 70.8 Å². The minimum Gasteiger partial charge on any atom is -0.481 e. The molecule has 0 bridgehead atoms. The minimum absolute atomic E-state index is 0.0201. The lowest BCUT2D eigenvalue weighted by Crippen LogP contribution is -2.17. The van der Waals surface area contributed by atoms with E-state index in [-0.39, 0.29) is 18.6 Å². The van der Waals surface area contributed by atoms with Gasteiger partial charge in [0.05, 0.1) is 5.92 Å². The third-order valence-corrected chi connectivity index (χ3v) is 3.73. The van der Waals surface area contributed by atoms with Crippen molar-refractivity contribution in [3.63, 3.8) is 0 Å². The number of aliphatic carboxylic acids is 1. The van der Waals surface area contributed by atoms with Crippen LogP contribution in [0.3, 0.4) is 0 Å². The van der Waals surface area contributed by atoms with E-state index in [1.807, 2.05) is 50.2 Å². The fraction of sp³-hybridized carbons (Fsp3) is 0.263. The minimum atomic E-state index is -0.957. The summed E-state index contributed by atoms with van der Waals surface area (Å²) < 4.78 is 0. The van der Waals surface area contributed by atoms with Crippen LogP contribution in [0.2, 0.25) is 0 Å². The van der Waals surface area contributed by atoms with Gasteiger partial charge in [-0.05, 0) is 25.0 Å². The highest BCUT2D eigenvalue weighted by molar-refractivity contribution is 5.88. The highest BCUT2D eigenvalue weighted by Gasteiger charge is 2.23. The van der Waals surface area contributed by atoms with Crippen molar-refractivity contribution in [2.75, 3.05) is 0 Å². The zero-order valence-electron chi connectivity index (χ0n) is 12.9. The summed E-state index contributed by atoms with van der Waals surface area (Å²) in [5, 5.41) is 9.40. The first-order valence-electron chi connectivity index (χ1n) is 7.32. The van der Waals surface area contributed by atoms with E-state index in [1.165, 1.54) is 0 Å². The molecule has 0 fully saturated rings. The molecule has 2 aromatic rings. The molecule has 2 rings (SSSR count). The van der Waals surface area contributed by atoms with Crippen molar-refractivity contribution in [3.8, 4) is 0 Å². The number of carboxylic acid groups (broad SMARTS) is 1. The second-order valence-corrected chi connectivity index (χ2v) is 5.71. The summed E-state index contributed by atoms with van der Waals surface area (Å²) >= 11 is 0. The molecule has 3 heteroatoms. The zero-order valence-corrected chi connectivity index (χ0v) is 12.9. The molecule has 1 N–H and O–H groups in total. The number of rotatable bonds is 6. The van der Waals surface area contributed by atoms with Crippen molar-refractivity contribution in [2.45, 2.75) is 32.6 Å². The summed E-state index contributed by atoms with van der Waals surface area (Å²) in [6, 6.07) is 15.0. The SMILES string of the molecule is Cc1ccc(CC(=O)C[C@@H](C(=O)O)c2ccc(C)cc2)cc1. The second kappa shape index (κ2) is 7.03. The van der Waals surface area contributed by atoms with Crippen molar-refractivity contribution in [1.82, 2.24) is 0 Å². The number of benzene rings is 2. The molecule has 3 nitrogen and oxygen atoms in total. The molecule has 0 aliphatic carbocycles. The Balaban J connectivity index is 2.07. The van der Waals surface area contributed by atoms with Crippen molar-refractivity contribution in [2.24, 2.45) is 0 Å². The van der Waals surface area contributed by atoms with E-state index >= 15 is 0 Å². The van der Waals surface area contributed by atoms with Gasteiger partial charge in [0.2, 0.25) is 0 Å². The molecule has 1 atom stereocenters. The van der Waals surface area contributed by atoms with Crippen LogP contribution in [0, 0.1) is 13.8 Å². The van der Waals surface area contributed by atoms with E-state index < -0.39 is 11.9 Å². The average molecular weight is 296 g/mol. The largest absolute Gasteiger partial charge is 0.481 e. The Hall–Kier alpha value is -2.42. The number of aryl methyl sites for hydroxylation is 2. The van der Waals surface area contributed by atoms with Crippen LogP contribution in [0.15, 0.2) is 48.5 Å². The molecule has 0 unspecified atom stereocenters. The highest BCUT2D eigenvalue weighted by atomic mass is 16.4. The molecule has 0 aliphatic heterocycles. The molecular formula is C19H20O3. The van der Waals surface area contributed by atoms with Gasteiger partial charge in [-0.1, -0.05) is 59.7 Å². The van der Waals surface area contributed by atoms with Gasteiger partial charge in [-0.25, -0.2) is 0 Å². The number of hydrogen-bond acceptors (Lipinski definition) is 2. The summed E-state index contributed by atoms with van der Waals surface area (Å²) in [6.07, 6.45) is 0.294. The van der Waals surface area contributed by atoms with E-state index in [4.69, 9.17) is 0 Å². The summed E-state index contributed by atoms with van der Waals surface area (Å²) in [4.78, 5) is 23.7. The Morgan fingerprint density at radius 2 is 1.41 bits per heavy atom. The van der Waals surface area contributed by atoms with Gasteiger partial charge >= 0.3 is 5.97 Å². The molecular weight excluding hydrogens is 276 g/mol. The summed E-state index contributed by atoms with van der Waals surface area (Å²) in [5.41, 5.74) is 3.80. The molecule has 0 saturated heterocycles. The van der Waals surface area contributed by atoms with Gasteiger partial charge in [0.25, 0.3) is 0 Å². The zero-order chi connectivity index (χ0) is 16.1. The van der Waals surface area contributed by atoms with E-state index in [0.717, 1.165) is 16.7 Å². The number of ketones is 1. The Bertz CT molecular complexity index is 654. The molecule has 0 spiro atoms. The van der Waals surface area contributed by atoms with Crippen LogP contribution in [-0.2, 0) is 16.0 Å². The number of carbonyl (C=O) groups excluding carboxylic acids is 1. The van der Waals surface area contributed by atoms with Crippen LogP contribution in [0.25, 0.3) is 0 Å². The van der Waals surface area contributed by atoms with E-state index in [1.54, 1.807) is 12.1 Å². The van der Waals surface area contributed by atoms with Gasteiger partial charge in [-0.3, -0.25) is 9.59 Å². The van der Waals surface area contributed by atoms with Crippen molar-refractivity contribution in [1.29, 1.82) is 0 Å². The number of carboxylic acids is 1. The fourth-order valence-corrected chi connectivity index (χ4v) is 2.38. The summed E-state index contributed by atoms with van der Waals surface area (Å²) in [5.74, 6) is -1.79. The maximum absolute atomic E-state index is 12.2. The maximum atomic E-state index is 12.2. The molecule has 0 aromatic heterocycles. The molecule has 2 aromatic carbocycles. The molecule has 0 radical (unpaired) electrons. The van der Waals surface area contributed by atoms with Crippen molar-refractivity contribution < 1.29 is 14.7 Å². The Kier molecular flexibility index (Phi) is 5.10. The Morgan fingerprint density at radius 3 is 1.91 bits per heavy atom. The van der Waals surface area contributed by atoms with E-state index in [0.29, 0.717) is 5.56 Å². The normalized spacial score (nSPS) is 11.9. The first-order valence-corrected chi connectivity index (χ1v) is 7.32. The molecule has 22 heavy (non-hydrogen) atoms. The fourth-order valence-electron chi connectivity index (χ4n) is 2.38. The highest BCUT2D eigenvalue weighted by Crippen LogP contribution is 2.22. The van der Waals surface area contributed by atoms with Crippen LogP contribution >= 0.6 is 0 Å². The Labute approximate surface area is 130 Å². The lowest BCUT2D eigenvalue weighted by Gasteiger charge is -2.12. The number of Topliss-reactive ketones (excluding diaryl/α,β-unsaturated/α-hetero) is 1. The van der Waals surface area contributed by atoms with Crippen LogP contribution in [0.1, 0.15) is 34.6 Å². The second-order valence-electron chi connectivity index (χ2n) is 5.71. The monoisotopic (exact) mass is 296 g/mol. The number of hydrogen-bond donors (Lipinski definition) is 1. The quantitative estimate of drug-likeness (QED) is 0.884. The van der Waals surface area contributed by atoms with Gasteiger partial charge in [0, 0.05) is 12.8 Å². The van der Waals surface area contributed by atoms with E-state index in [2.05, 4.69) is 0 Å². The predicted molar refractivity (Wildman–Crippen MR) is 86.1 cm³/mol. The lowest BCUT2D eigenvalue weighted by atomic mass is 9.91. The molecule has 114 valence electrons. The topological polar surface area (TPSA) is 54.4 Å². The Morgan fingerprint density at radius 1 is 0.909 bits per heavy atom. The van der Waals surface area contributed by atoms with Gasteiger partial charge in [-0.2, -0.15) is 0 Å². The standard InChI is InChI=1S/C19H20O3/c1-13-3-7-15(8-4-13)11-17(20)12-18(19(21)22)16-9-5-14(2)6-10-16/h3-10,18H,11-12H2,1-2H3,(H,21,22)/t18-/m1/s1. The smallest absolute Gasteiger partial charge is 0.311 e. The third-order valence-electron chi connectivity index (χ3n) is 3.73. The van der Waals surface area contributed by atoms with Crippen LogP contribution < -0.4 is 0 Å². The van der Waals surface area contributed by atoms with Crippen LogP contribution in [0.5, 0.6) is 0 Å². The first-order chi connectivity index (χ1) is 10.5. The molecule has 0 heterocycles. The molecule has 0 amide bonds. The van der Waals surface area contributed by atoms with Gasteiger partial charge in [0.1, 0.15) is 5.78 Å². The van der Waals surface area contributed by atoms with Gasteiger partial charge in [0.15, 0.2) is 0 Å². The summed E-state index contributed by atoms with van der Waals surface area (Å²) in [6.45, 7) is 3.94. The molecule has 0 saturated carbocycles. The molecule has 0 aliphatic rings. The predicted octanol–water partition coefficient (Wildman–Crippen LogP) is 3.67. The maximum Gasteiger partial charge on any atom is 0.311 e. The summed E-state index contributed by atoms with van der Waals surface area (Å²) in [7, 11) is 0. The first kappa shape index (κ1) is 16.0. The van der Waals surface area contributed by atoms with Gasteiger partial charge < -0.3 is 5.11 Å².